The summed E-state index contributed by atoms with van der Waals surface area (Å²) in [6.45, 7) is 3.98. The summed E-state index contributed by atoms with van der Waals surface area (Å²) < 4.78 is 7.66. The highest BCUT2D eigenvalue weighted by Crippen LogP contribution is 2.32. The predicted molar refractivity (Wildman–Crippen MR) is 128 cm³/mol. The average Bonchev–Trinajstić information content (AvgIpc) is 3.38. The van der Waals surface area contributed by atoms with Gasteiger partial charge in [-0.05, 0) is 48.9 Å². The van der Waals surface area contributed by atoms with Gasteiger partial charge < -0.3 is 15.2 Å². The lowest BCUT2D eigenvalue weighted by Gasteiger charge is -2.12. The number of anilines is 1. The van der Waals surface area contributed by atoms with Crippen LogP contribution in [0.1, 0.15) is 24.2 Å². The van der Waals surface area contributed by atoms with Crippen LogP contribution in [-0.2, 0) is 13.1 Å². The molecule has 2 aromatic carbocycles. The number of fused-ring (bicyclic) bond motifs is 2. The summed E-state index contributed by atoms with van der Waals surface area (Å²) in [7, 11) is 0. The van der Waals surface area contributed by atoms with Crippen LogP contribution in [0.15, 0.2) is 61.1 Å². The summed E-state index contributed by atoms with van der Waals surface area (Å²) in [6, 6.07) is 14.9. The van der Waals surface area contributed by atoms with Gasteiger partial charge in [0.1, 0.15) is 12.1 Å². The zero-order chi connectivity index (χ0) is 22.1. The molecule has 0 saturated heterocycles. The highest BCUT2D eigenvalue weighted by atomic mass is 16.5. The molecule has 0 fully saturated rings. The minimum Gasteiger partial charge on any atom is -0.439 e. The third-order valence-electron chi connectivity index (χ3n) is 5.53. The fourth-order valence-corrected chi connectivity index (χ4v) is 3.98. The van der Waals surface area contributed by atoms with Gasteiger partial charge in [0.15, 0.2) is 0 Å². The molecule has 3 heterocycles. The van der Waals surface area contributed by atoms with Gasteiger partial charge >= 0.3 is 6.03 Å². The summed E-state index contributed by atoms with van der Waals surface area (Å²) in [4.78, 5) is 23.5. The van der Waals surface area contributed by atoms with E-state index in [1.54, 1.807) is 10.8 Å². The molecule has 0 spiro atoms. The van der Waals surface area contributed by atoms with E-state index in [0.717, 1.165) is 33.4 Å². The molecular weight excluding hydrogens is 418 g/mol. The molecule has 5 rings (SSSR count). The number of nitrogens with one attached hydrogen (secondary N) is 1. The number of β-amino-alcohol motifs (C(OH)–C–C–N with tert-alkyl or cyclic N) is 1. The van der Waals surface area contributed by atoms with Crippen molar-refractivity contribution < 1.29 is 14.6 Å². The molecule has 0 atom stereocenters. The van der Waals surface area contributed by atoms with Gasteiger partial charge in [-0.25, -0.2) is 14.8 Å². The Morgan fingerprint density at radius 1 is 1.15 bits per heavy atom. The molecule has 4 aromatic rings. The number of aliphatic hydroxyl groups is 1. The molecule has 170 valence electrons. The summed E-state index contributed by atoms with van der Waals surface area (Å²) in [6.07, 6.45) is 3.25. The number of hydrogen-bond acceptors (Lipinski definition) is 6. The number of amides is 1. The lowest BCUT2D eigenvalue weighted by atomic mass is 10.2. The Bertz CT molecular complexity index is 1300. The first-order chi connectivity index (χ1) is 15.6. The van der Waals surface area contributed by atoms with Crippen molar-refractivity contribution in [1.29, 1.82) is 0 Å². The molecule has 1 amide bonds. The number of hydrogen-bond donors (Lipinski definition) is 2. The Balaban J connectivity index is 0.00000259. The van der Waals surface area contributed by atoms with Crippen molar-refractivity contribution in [2.24, 2.45) is 0 Å². The molecule has 8 heteroatoms. The SMILES string of the molecule is C.Cc1cccc(NC(=O)n2ccc3cc(Oc4ncnc5c4CN(CCO)C5)ccc32)c1. The maximum absolute atomic E-state index is 12.8. The van der Waals surface area contributed by atoms with Crippen LogP contribution in [-0.4, -0.2) is 43.7 Å². The smallest absolute Gasteiger partial charge is 0.330 e. The van der Waals surface area contributed by atoms with E-state index in [0.29, 0.717) is 31.3 Å². The van der Waals surface area contributed by atoms with Gasteiger partial charge in [0.2, 0.25) is 5.88 Å². The third kappa shape index (κ3) is 4.57. The molecule has 0 saturated carbocycles. The van der Waals surface area contributed by atoms with E-state index in [2.05, 4.69) is 20.2 Å². The van der Waals surface area contributed by atoms with Gasteiger partial charge in [0, 0.05) is 36.9 Å². The minimum absolute atomic E-state index is 0. The van der Waals surface area contributed by atoms with E-state index in [1.165, 1.54) is 6.33 Å². The fourth-order valence-electron chi connectivity index (χ4n) is 3.98. The van der Waals surface area contributed by atoms with Gasteiger partial charge in [-0.3, -0.25) is 9.47 Å². The molecule has 0 aliphatic carbocycles. The van der Waals surface area contributed by atoms with Gasteiger partial charge in [-0.2, -0.15) is 0 Å². The van der Waals surface area contributed by atoms with E-state index in [-0.39, 0.29) is 20.1 Å². The number of nitrogens with zero attached hydrogens (tertiary/aromatic N) is 4. The van der Waals surface area contributed by atoms with Crippen LogP contribution in [0, 0.1) is 6.92 Å². The van der Waals surface area contributed by atoms with Crippen molar-refractivity contribution in [1.82, 2.24) is 19.4 Å². The molecule has 2 aromatic heterocycles. The van der Waals surface area contributed by atoms with Crippen LogP contribution in [0.2, 0.25) is 0 Å². The minimum atomic E-state index is -0.225. The zero-order valence-electron chi connectivity index (χ0n) is 17.7. The first kappa shape index (κ1) is 22.4. The van der Waals surface area contributed by atoms with Crippen molar-refractivity contribution in [3.8, 4) is 11.6 Å². The van der Waals surface area contributed by atoms with Gasteiger partial charge in [0.25, 0.3) is 0 Å². The molecular formula is C25H27N5O3. The number of aliphatic hydroxyl groups excluding tert-OH is 1. The summed E-state index contributed by atoms with van der Waals surface area (Å²) in [5, 5.41) is 13.0. The van der Waals surface area contributed by atoms with Crippen LogP contribution in [0.5, 0.6) is 11.6 Å². The molecule has 0 bridgehead atoms. The van der Waals surface area contributed by atoms with E-state index in [1.807, 2.05) is 55.5 Å². The molecule has 0 unspecified atom stereocenters. The summed E-state index contributed by atoms with van der Waals surface area (Å²) >= 11 is 0. The number of benzene rings is 2. The number of rotatable bonds is 5. The number of carbonyl (C=O) groups excluding carboxylic acids is 1. The first-order valence-electron chi connectivity index (χ1n) is 10.4. The number of carbonyl (C=O) groups is 1. The molecule has 33 heavy (non-hydrogen) atoms. The van der Waals surface area contributed by atoms with Gasteiger partial charge in [-0.15, -0.1) is 0 Å². The molecule has 1 aliphatic rings. The molecule has 0 radical (unpaired) electrons. The zero-order valence-corrected chi connectivity index (χ0v) is 17.7. The largest absolute Gasteiger partial charge is 0.439 e. The maximum Gasteiger partial charge on any atom is 0.330 e. The topological polar surface area (TPSA) is 92.5 Å². The van der Waals surface area contributed by atoms with E-state index < -0.39 is 0 Å². The Morgan fingerprint density at radius 3 is 2.85 bits per heavy atom. The molecule has 1 aliphatic heterocycles. The second-order valence-corrected chi connectivity index (χ2v) is 7.85. The fraction of sp³-hybridized carbons (Fsp3) is 0.240. The molecule has 8 nitrogen and oxygen atoms in total. The monoisotopic (exact) mass is 445 g/mol. The van der Waals surface area contributed by atoms with E-state index in [4.69, 9.17) is 4.74 Å². The van der Waals surface area contributed by atoms with E-state index >= 15 is 0 Å². The predicted octanol–water partition coefficient (Wildman–Crippen LogP) is 4.56. The number of ether oxygens (including phenoxy) is 1. The summed E-state index contributed by atoms with van der Waals surface area (Å²) in [5.41, 5.74) is 4.48. The van der Waals surface area contributed by atoms with Crippen molar-refractivity contribution in [3.05, 3.63) is 77.9 Å². The Kier molecular flexibility index (Phi) is 6.39. The Labute approximate surface area is 192 Å². The van der Waals surface area contributed by atoms with Gasteiger partial charge in [0.05, 0.1) is 23.4 Å². The first-order valence-corrected chi connectivity index (χ1v) is 10.4. The van der Waals surface area contributed by atoms with Crippen LogP contribution in [0.25, 0.3) is 10.9 Å². The average molecular weight is 446 g/mol. The van der Waals surface area contributed by atoms with Crippen LogP contribution < -0.4 is 10.1 Å². The molecule has 2 N–H and O–H groups in total. The highest BCUT2D eigenvalue weighted by molar-refractivity contribution is 5.98. The lowest BCUT2D eigenvalue weighted by Crippen LogP contribution is -2.20. The van der Waals surface area contributed by atoms with Crippen LogP contribution >= 0.6 is 0 Å². The van der Waals surface area contributed by atoms with Crippen molar-refractivity contribution in [2.45, 2.75) is 27.4 Å². The van der Waals surface area contributed by atoms with Crippen molar-refractivity contribution in [3.63, 3.8) is 0 Å². The second-order valence-electron chi connectivity index (χ2n) is 7.85. The van der Waals surface area contributed by atoms with Crippen molar-refractivity contribution in [2.75, 3.05) is 18.5 Å². The van der Waals surface area contributed by atoms with Crippen LogP contribution in [0.4, 0.5) is 10.5 Å². The quantitative estimate of drug-likeness (QED) is 0.468. The van der Waals surface area contributed by atoms with Crippen LogP contribution in [0.3, 0.4) is 0 Å². The van der Waals surface area contributed by atoms with Gasteiger partial charge in [-0.1, -0.05) is 19.6 Å². The summed E-state index contributed by atoms with van der Waals surface area (Å²) in [5.74, 6) is 1.15. The number of aromatic nitrogens is 3. The van der Waals surface area contributed by atoms with E-state index in [9.17, 15) is 9.90 Å². The maximum atomic E-state index is 12.8. The highest BCUT2D eigenvalue weighted by Gasteiger charge is 2.24. The second kappa shape index (κ2) is 9.40. The van der Waals surface area contributed by atoms with Crippen molar-refractivity contribution >= 4 is 22.6 Å². The Morgan fingerprint density at radius 2 is 2.03 bits per heavy atom. The standard InChI is InChI=1S/C24H23N5O3.CH4/c1-16-3-2-4-18(11-16)27-24(31)29-8-7-17-12-19(5-6-22(17)29)32-23-20-13-28(9-10-30)14-21(20)25-15-26-23;/h2-8,11-12,15,30H,9-10,13-14H2,1H3,(H,27,31);1H4. The number of aryl methyl sites for hydroxylation is 1. The Hall–Kier alpha value is -3.75. The lowest BCUT2D eigenvalue weighted by molar-refractivity contribution is 0.196. The third-order valence-corrected chi connectivity index (χ3v) is 5.53. The normalized spacial score (nSPS) is 12.9.